The second-order valence-electron chi connectivity index (χ2n) is 7.69. The van der Waals surface area contributed by atoms with Crippen LogP contribution >= 0.6 is 11.3 Å². The minimum absolute atomic E-state index is 0.0505. The van der Waals surface area contributed by atoms with Gasteiger partial charge in [-0.3, -0.25) is 9.69 Å². The van der Waals surface area contributed by atoms with Crippen molar-refractivity contribution in [1.29, 1.82) is 0 Å². The molecule has 0 radical (unpaired) electrons. The molecule has 1 atom stereocenters. The number of carbonyl (C=O) groups is 1. The molecular weight excluding hydrogens is 430 g/mol. The van der Waals surface area contributed by atoms with E-state index < -0.39 is 10.0 Å². The van der Waals surface area contributed by atoms with Gasteiger partial charge in [-0.25, -0.2) is 12.7 Å². The predicted molar refractivity (Wildman–Crippen MR) is 124 cm³/mol. The molecule has 0 aliphatic carbocycles. The van der Waals surface area contributed by atoms with Crippen LogP contribution in [0.1, 0.15) is 22.0 Å². The molecule has 1 N–H and O–H groups in total. The van der Waals surface area contributed by atoms with Gasteiger partial charge in [-0.2, -0.15) is 0 Å². The van der Waals surface area contributed by atoms with Gasteiger partial charge in [0.25, 0.3) is 0 Å². The topological polar surface area (TPSA) is 69.7 Å². The van der Waals surface area contributed by atoms with Crippen LogP contribution in [0.2, 0.25) is 0 Å². The first kappa shape index (κ1) is 21.7. The van der Waals surface area contributed by atoms with Crippen molar-refractivity contribution >= 4 is 33.0 Å². The highest BCUT2D eigenvalue weighted by Gasteiger charge is 2.30. The summed E-state index contributed by atoms with van der Waals surface area (Å²) >= 11 is 1.77. The van der Waals surface area contributed by atoms with E-state index in [9.17, 15) is 13.2 Å². The first-order valence-corrected chi connectivity index (χ1v) is 12.4. The van der Waals surface area contributed by atoms with Gasteiger partial charge in [-0.1, -0.05) is 30.3 Å². The molecular formula is C23H25N3O3S2. The van der Waals surface area contributed by atoms with Gasteiger partial charge in [-0.15, -0.1) is 11.3 Å². The van der Waals surface area contributed by atoms with Gasteiger partial charge in [0.15, 0.2) is 0 Å². The maximum absolute atomic E-state index is 12.8. The van der Waals surface area contributed by atoms with Crippen molar-refractivity contribution in [3.8, 4) is 0 Å². The van der Waals surface area contributed by atoms with Crippen molar-refractivity contribution < 1.29 is 13.2 Å². The zero-order valence-electron chi connectivity index (χ0n) is 17.5. The second-order valence-corrected chi connectivity index (χ2v) is 10.8. The average Bonchev–Trinajstić information content (AvgIpc) is 3.23. The van der Waals surface area contributed by atoms with E-state index in [2.05, 4.69) is 33.8 Å². The number of sulfonamides is 1. The van der Waals surface area contributed by atoms with Gasteiger partial charge in [0.05, 0.1) is 17.5 Å². The Morgan fingerprint density at radius 1 is 1.10 bits per heavy atom. The van der Waals surface area contributed by atoms with Crippen LogP contribution in [-0.4, -0.2) is 50.7 Å². The van der Waals surface area contributed by atoms with Crippen molar-refractivity contribution in [3.63, 3.8) is 0 Å². The summed E-state index contributed by atoms with van der Waals surface area (Å²) in [7, 11) is -0.509. The Balaban J connectivity index is 1.49. The van der Waals surface area contributed by atoms with E-state index >= 15 is 0 Å². The van der Waals surface area contributed by atoms with E-state index in [1.165, 1.54) is 46.5 Å². The Morgan fingerprint density at radius 2 is 1.81 bits per heavy atom. The van der Waals surface area contributed by atoms with Crippen LogP contribution < -0.4 is 5.32 Å². The van der Waals surface area contributed by atoms with E-state index in [1.807, 2.05) is 18.2 Å². The highest BCUT2D eigenvalue weighted by molar-refractivity contribution is 7.89. The van der Waals surface area contributed by atoms with Crippen LogP contribution in [0.3, 0.4) is 0 Å². The van der Waals surface area contributed by atoms with Gasteiger partial charge < -0.3 is 5.32 Å². The Bertz CT molecular complexity index is 1160. The monoisotopic (exact) mass is 455 g/mol. The molecule has 0 bridgehead atoms. The van der Waals surface area contributed by atoms with Crippen molar-refractivity contribution in [2.45, 2.75) is 17.4 Å². The lowest BCUT2D eigenvalue weighted by molar-refractivity contribution is -0.117. The molecule has 2 heterocycles. The minimum Gasteiger partial charge on any atom is -0.325 e. The first-order chi connectivity index (χ1) is 14.9. The summed E-state index contributed by atoms with van der Waals surface area (Å²) in [6.45, 7) is 1.06. The number of hydrogen-bond acceptors (Lipinski definition) is 5. The fourth-order valence-electron chi connectivity index (χ4n) is 3.87. The summed E-state index contributed by atoms with van der Waals surface area (Å²) in [4.78, 5) is 16.6. The first-order valence-electron chi connectivity index (χ1n) is 10.0. The van der Waals surface area contributed by atoms with Crippen molar-refractivity contribution in [3.05, 3.63) is 82.0 Å². The van der Waals surface area contributed by atoms with Gasteiger partial charge in [0.2, 0.25) is 15.9 Å². The Hall–Kier alpha value is -2.52. The van der Waals surface area contributed by atoms with Gasteiger partial charge in [-0.05, 0) is 53.3 Å². The fraction of sp³-hybridized carbons (Fsp3) is 0.261. The molecule has 0 spiro atoms. The Kier molecular flexibility index (Phi) is 6.24. The molecule has 0 unspecified atom stereocenters. The molecule has 0 fully saturated rings. The molecule has 2 aromatic carbocycles. The Labute approximate surface area is 187 Å². The number of hydrogen-bond donors (Lipinski definition) is 1. The largest absolute Gasteiger partial charge is 0.325 e. The van der Waals surface area contributed by atoms with Crippen molar-refractivity contribution in [1.82, 2.24) is 9.21 Å². The second kappa shape index (κ2) is 8.92. The van der Waals surface area contributed by atoms with E-state index in [0.29, 0.717) is 5.69 Å². The molecule has 8 heteroatoms. The molecule has 162 valence electrons. The normalized spacial score (nSPS) is 16.8. The van der Waals surface area contributed by atoms with Crippen LogP contribution in [0.5, 0.6) is 0 Å². The quantitative estimate of drug-likeness (QED) is 0.617. The molecule has 6 nitrogen and oxygen atoms in total. The lowest BCUT2D eigenvalue weighted by Gasteiger charge is -2.35. The number of fused-ring (bicyclic) bond motifs is 1. The van der Waals surface area contributed by atoms with E-state index in [4.69, 9.17) is 0 Å². The average molecular weight is 456 g/mol. The molecule has 3 aromatic rings. The number of benzene rings is 2. The highest BCUT2D eigenvalue weighted by atomic mass is 32.2. The number of nitrogens with one attached hydrogen (secondary N) is 1. The molecule has 0 saturated carbocycles. The van der Waals surface area contributed by atoms with Gasteiger partial charge >= 0.3 is 0 Å². The Morgan fingerprint density at radius 3 is 2.48 bits per heavy atom. The number of rotatable bonds is 6. The molecule has 0 saturated heterocycles. The summed E-state index contributed by atoms with van der Waals surface area (Å²) in [5.74, 6) is -0.122. The van der Waals surface area contributed by atoms with Crippen LogP contribution in [-0.2, 0) is 21.2 Å². The summed E-state index contributed by atoms with van der Waals surface area (Å²) in [5.41, 5.74) is 3.02. The number of nitrogens with zero attached hydrogens (tertiary/aromatic N) is 2. The number of anilines is 1. The third kappa shape index (κ3) is 4.57. The number of carbonyl (C=O) groups excluding carboxylic acids is 1. The SMILES string of the molecule is CN(C)S(=O)(=O)c1ccc(NC(=O)CN2CCc3sccc3[C@@H]2c2ccccc2)cc1. The number of amides is 1. The summed E-state index contributed by atoms with van der Waals surface area (Å²) < 4.78 is 25.6. The highest BCUT2D eigenvalue weighted by Crippen LogP contribution is 2.37. The van der Waals surface area contributed by atoms with Crippen molar-refractivity contribution in [2.24, 2.45) is 0 Å². The standard InChI is InChI=1S/C23H25N3O3S2/c1-25(2)31(28,29)19-10-8-18(9-11-19)24-22(27)16-26-14-12-21-20(13-15-30-21)23(26)17-6-4-3-5-7-17/h3-11,13,15,23H,12,14,16H2,1-2H3,(H,24,27)/t23-/m0/s1. The maximum atomic E-state index is 12.8. The van der Waals surface area contributed by atoms with Gasteiger partial charge in [0.1, 0.15) is 0 Å². The van der Waals surface area contributed by atoms with Crippen LogP contribution in [0.4, 0.5) is 5.69 Å². The molecule has 1 amide bonds. The molecule has 4 rings (SSSR count). The van der Waals surface area contributed by atoms with Crippen LogP contribution in [0, 0.1) is 0 Å². The summed E-state index contributed by atoms with van der Waals surface area (Å²) in [5, 5.41) is 5.02. The summed E-state index contributed by atoms with van der Waals surface area (Å²) in [6.07, 6.45) is 0.931. The zero-order chi connectivity index (χ0) is 22.0. The van der Waals surface area contributed by atoms with Crippen LogP contribution in [0.25, 0.3) is 0 Å². The molecule has 1 aromatic heterocycles. The van der Waals surface area contributed by atoms with E-state index in [0.717, 1.165) is 13.0 Å². The molecule has 31 heavy (non-hydrogen) atoms. The summed E-state index contributed by atoms with van der Waals surface area (Å²) in [6, 6.07) is 18.7. The van der Waals surface area contributed by atoms with Crippen LogP contribution in [0.15, 0.2) is 70.9 Å². The minimum atomic E-state index is -3.49. The van der Waals surface area contributed by atoms with Crippen molar-refractivity contribution in [2.75, 3.05) is 32.5 Å². The lowest BCUT2D eigenvalue weighted by atomic mass is 9.93. The lowest BCUT2D eigenvalue weighted by Crippen LogP contribution is -2.40. The predicted octanol–water partition coefficient (Wildman–Crippen LogP) is 3.58. The van der Waals surface area contributed by atoms with E-state index in [1.54, 1.807) is 23.5 Å². The number of thiophene rings is 1. The third-order valence-electron chi connectivity index (χ3n) is 5.44. The van der Waals surface area contributed by atoms with Gasteiger partial charge in [0, 0.05) is 31.2 Å². The zero-order valence-corrected chi connectivity index (χ0v) is 19.1. The molecule has 1 aliphatic rings. The third-order valence-corrected chi connectivity index (χ3v) is 8.27. The van der Waals surface area contributed by atoms with E-state index in [-0.39, 0.29) is 23.4 Å². The maximum Gasteiger partial charge on any atom is 0.242 e. The fourth-order valence-corrected chi connectivity index (χ4v) is 5.68. The smallest absolute Gasteiger partial charge is 0.242 e. The molecule has 1 aliphatic heterocycles.